The number of carbonyl (C=O) groups excluding carboxylic acids is 2. The van der Waals surface area contributed by atoms with E-state index in [1.54, 1.807) is 4.90 Å². The number of carbonyl (C=O) groups is 2. The van der Waals surface area contributed by atoms with Gasteiger partial charge in [0.05, 0.1) is 0 Å². The van der Waals surface area contributed by atoms with E-state index in [1.807, 2.05) is 24.3 Å². The van der Waals surface area contributed by atoms with Crippen LogP contribution < -0.4 is 10.2 Å². The van der Waals surface area contributed by atoms with E-state index in [2.05, 4.69) is 17.1 Å². The first-order chi connectivity index (χ1) is 11.7. The largest absolute Gasteiger partial charge is 0.350 e. The fourth-order valence-corrected chi connectivity index (χ4v) is 3.66. The molecule has 3 rings (SSSR count). The van der Waals surface area contributed by atoms with Crippen molar-refractivity contribution in [2.75, 3.05) is 31.1 Å². The van der Waals surface area contributed by atoms with Crippen molar-refractivity contribution in [2.24, 2.45) is 0 Å². The van der Waals surface area contributed by atoms with Gasteiger partial charge in [-0.2, -0.15) is 0 Å². The van der Waals surface area contributed by atoms with Gasteiger partial charge in [0.2, 0.25) is 5.91 Å². The third-order valence-electron chi connectivity index (χ3n) is 5.14. The van der Waals surface area contributed by atoms with Crippen LogP contribution in [0.15, 0.2) is 24.3 Å². The predicted octanol–water partition coefficient (Wildman–Crippen LogP) is 2.42. The van der Waals surface area contributed by atoms with Crippen molar-refractivity contribution in [2.45, 2.75) is 45.1 Å². The fraction of sp³-hybridized carbons (Fsp3) is 0.579. The van der Waals surface area contributed by atoms with Gasteiger partial charge >= 0.3 is 0 Å². The summed E-state index contributed by atoms with van der Waals surface area (Å²) in [6.45, 7) is 5.94. The predicted molar refractivity (Wildman–Crippen MR) is 95.2 cm³/mol. The molecule has 1 atom stereocenters. The lowest BCUT2D eigenvalue weighted by atomic mass is 10.1. The van der Waals surface area contributed by atoms with Gasteiger partial charge in [-0.15, -0.1) is 0 Å². The zero-order valence-corrected chi connectivity index (χ0v) is 14.5. The van der Waals surface area contributed by atoms with E-state index < -0.39 is 0 Å². The molecule has 5 nitrogen and oxygen atoms in total. The van der Waals surface area contributed by atoms with Gasteiger partial charge in [0.1, 0.15) is 0 Å². The molecule has 2 saturated heterocycles. The summed E-state index contributed by atoms with van der Waals surface area (Å²) in [5.74, 6) is 0.135. The van der Waals surface area contributed by atoms with Gasteiger partial charge in [-0.3, -0.25) is 14.5 Å². The van der Waals surface area contributed by atoms with E-state index in [9.17, 15) is 9.59 Å². The Bertz CT molecular complexity index is 579. The lowest BCUT2D eigenvalue weighted by Crippen LogP contribution is -2.42. The fourth-order valence-electron chi connectivity index (χ4n) is 3.66. The zero-order chi connectivity index (χ0) is 16.9. The van der Waals surface area contributed by atoms with Crippen molar-refractivity contribution in [3.8, 4) is 0 Å². The number of hydrogen-bond donors (Lipinski definition) is 1. The minimum atomic E-state index is -0.0352. The van der Waals surface area contributed by atoms with Crippen LogP contribution in [0.5, 0.6) is 0 Å². The summed E-state index contributed by atoms with van der Waals surface area (Å²) in [7, 11) is 0. The molecule has 130 valence electrons. The molecule has 24 heavy (non-hydrogen) atoms. The summed E-state index contributed by atoms with van der Waals surface area (Å²) in [6, 6.07) is 7.80. The Morgan fingerprint density at radius 3 is 2.42 bits per heavy atom. The van der Waals surface area contributed by atoms with Gasteiger partial charge in [-0.1, -0.05) is 6.92 Å². The summed E-state index contributed by atoms with van der Waals surface area (Å²) < 4.78 is 0. The van der Waals surface area contributed by atoms with Gasteiger partial charge in [-0.25, -0.2) is 0 Å². The van der Waals surface area contributed by atoms with Crippen LogP contribution in [0.1, 0.15) is 49.4 Å². The number of anilines is 1. The maximum absolute atomic E-state index is 12.4. The Balaban J connectivity index is 1.55. The molecular formula is C19H27N3O2. The summed E-state index contributed by atoms with van der Waals surface area (Å²) in [5.41, 5.74) is 1.54. The molecule has 0 aliphatic carbocycles. The minimum absolute atomic E-state index is 0.0352. The van der Waals surface area contributed by atoms with Crippen LogP contribution in [0.4, 0.5) is 5.69 Å². The van der Waals surface area contributed by atoms with Crippen LogP contribution in [0.2, 0.25) is 0 Å². The Kier molecular flexibility index (Phi) is 5.51. The normalized spacial score (nSPS) is 19.7. The van der Waals surface area contributed by atoms with Crippen LogP contribution in [0, 0.1) is 0 Å². The Morgan fingerprint density at radius 1 is 1.12 bits per heavy atom. The zero-order valence-electron chi connectivity index (χ0n) is 14.5. The molecule has 1 N–H and O–H groups in total. The standard InChI is InChI=1S/C19H27N3O2/c1-2-16(21-11-3-4-12-21)14-20-19(24)15-7-9-17(10-8-15)22-13-5-6-18(22)23/h7-10,16H,2-6,11-14H2,1H3,(H,20,24)/t16-/m0/s1. The van der Waals surface area contributed by atoms with Crippen molar-refractivity contribution >= 4 is 17.5 Å². The molecule has 2 aliphatic heterocycles. The molecule has 0 unspecified atom stereocenters. The first-order valence-corrected chi connectivity index (χ1v) is 9.11. The maximum atomic E-state index is 12.4. The van der Waals surface area contributed by atoms with Crippen molar-refractivity contribution in [3.05, 3.63) is 29.8 Å². The Hall–Kier alpha value is -1.88. The molecular weight excluding hydrogens is 302 g/mol. The monoisotopic (exact) mass is 329 g/mol. The Labute approximate surface area is 144 Å². The van der Waals surface area contributed by atoms with Gasteiger partial charge in [-0.05, 0) is 63.0 Å². The van der Waals surface area contributed by atoms with Crippen LogP contribution in [-0.4, -0.2) is 48.9 Å². The first kappa shape index (κ1) is 17.0. The Morgan fingerprint density at radius 2 is 1.83 bits per heavy atom. The molecule has 1 aromatic rings. The highest BCUT2D eigenvalue weighted by Crippen LogP contribution is 2.21. The number of nitrogens with one attached hydrogen (secondary N) is 1. The summed E-state index contributed by atoms with van der Waals surface area (Å²) in [5, 5.41) is 3.06. The van der Waals surface area contributed by atoms with E-state index in [0.717, 1.165) is 38.2 Å². The number of likely N-dealkylation sites (tertiary alicyclic amines) is 1. The van der Waals surface area contributed by atoms with Crippen molar-refractivity contribution < 1.29 is 9.59 Å². The van der Waals surface area contributed by atoms with Gasteiger partial charge in [0.25, 0.3) is 5.91 Å². The third kappa shape index (κ3) is 3.78. The SMILES string of the molecule is CC[C@@H](CNC(=O)c1ccc(N2CCCC2=O)cc1)N1CCCC1. The molecule has 0 spiro atoms. The highest BCUT2D eigenvalue weighted by atomic mass is 16.2. The van der Waals surface area contributed by atoms with Crippen molar-refractivity contribution in [1.29, 1.82) is 0 Å². The van der Waals surface area contributed by atoms with Crippen LogP contribution in [0.3, 0.4) is 0 Å². The van der Waals surface area contributed by atoms with E-state index >= 15 is 0 Å². The smallest absolute Gasteiger partial charge is 0.251 e. The molecule has 2 amide bonds. The molecule has 5 heteroatoms. The van der Waals surface area contributed by atoms with Gasteiger partial charge in [0.15, 0.2) is 0 Å². The average molecular weight is 329 g/mol. The number of benzene rings is 1. The number of hydrogen-bond acceptors (Lipinski definition) is 3. The second-order valence-electron chi connectivity index (χ2n) is 6.71. The first-order valence-electron chi connectivity index (χ1n) is 9.11. The van der Waals surface area contributed by atoms with E-state index in [4.69, 9.17) is 0 Å². The molecule has 0 saturated carbocycles. The summed E-state index contributed by atoms with van der Waals surface area (Å²) in [4.78, 5) is 28.4. The lowest BCUT2D eigenvalue weighted by molar-refractivity contribution is -0.117. The highest BCUT2D eigenvalue weighted by molar-refractivity contribution is 5.97. The van der Waals surface area contributed by atoms with Gasteiger partial charge in [0, 0.05) is 36.8 Å². The molecule has 0 radical (unpaired) electrons. The van der Waals surface area contributed by atoms with Crippen LogP contribution >= 0.6 is 0 Å². The minimum Gasteiger partial charge on any atom is -0.350 e. The molecule has 2 heterocycles. The second-order valence-corrected chi connectivity index (χ2v) is 6.71. The lowest BCUT2D eigenvalue weighted by Gasteiger charge is -2.26. The molecule has 1 aromatic carbocycles. The van der Waals surface area contributed by atoms with Gasteiger partial charge < -0.3 is 10.2 Å². The molecule has 0 bridgehead atoms. The number of amides is 2. The average Bonchev–Trinajstić information content (AvgIpc) is 3.27. The number of rotatable bonds is 6. The van der Waals surface area contributed by atoms with Crippen molar-refractivity contribution in [3.63, 3.8) is 0 Å². The summed E-state index contributed by atoms with van der Waals surface area (Å²) >= 11 is 0. The van der Waals surface area contributed by atoms with Crippen LogP contribution in [-0.2, 0) is 4.79 Å². The van der Waals surface area contributed by atoms with Crippen LogP contribution in [0.25, 0.3) is 0 Å². The molecule has 2 aliphatic rings. The third-order valence-corrected chi connectivity index (χ3v) is 5.14. The van der Waals surface area contributed by atoms with Crippen molar-refractivity contribution in [1.82, 2.24) is 10.2 Å². The topological polar surface area (TPSA) is 52.7 Å². The number of nitrogens with zero attached hydrogens (tertiary/aromatic N) is 2. The maximum Gasteiger partial charge on any atom is 0.251 e. The van der Waals surface area contributed by atoms with E-state index in [-0.39, 0.29) is 11.8 Å². The highest BCUT2D eigenvalue weighted by Gasteiger charge is 2.23. The molecule has 2 fully saturated rings. The molecule has 0 aromatic heterocycles. The quantitative estimate of drug-likeness (QED) is 0.872. The second kappa shape index (κ2) is 7.79. The summed E-state index contributed by atoms with van der Waals surface area (Å²) in [6.07, 6.45) is 5.12. The van der Waals surface area contributed by atoms with E-state index in [0.29, 0.717) is 24.6 Å². The van der Waals surface area contributed by atoms with E-state index in [1.165, 1.54) is 12.8 Å².